The lowest BCUT2D eigenvalue weighted by Gasteiger charge is -2.06. The number of rotatable bonds is 6. The van der Waals surface area contributed by atoms with Crippen molar-refractivity contribution in [1.82, 2.24) is 20.1 Å². The predicted octanol–water partition coefficient (Wildman–Crippen LogP) is 2.27. The van der Waals surface area contributed by atoms with Crippen LogP contribution in [0.5, 0.6) is 0 Å². The fraction of sp³-hybridized carbons (Fsp3) is 0.438. The quantitative estimate of drug-likeness (QED) is 0.849. The third-order valence-electron chi connectivity index (χ3n) is 3.74. The molecule has 1 aliphatic rings. The molecule has 1 heterocycles. The van der Waals surface area contributed by atoms with Crippen molar-refractivity contribution in [2.75, 3.05) is 6.54 Å². The van der Waals surface area contributed by atoms with Gasteiger partial charge in [0.25, 0.3) is 5.91 Å². The predicted molar refractivity (Wildman–Crippen MR) is 88.9 cm³/mol. The number of carbonyl (C=O) groups excluding carboxylic acids is 1. The van der Waals surface area contributed by atoms with Gasteiger partial charge in [0, 0.05) is 18.5 Å². The van der Waals surface area contributed by atoms with Crippen LogP contribution in [0, 0.1) is 0 Å². The van der Waals surface area contributed by atoms with Gasteiger partial charge >= 0.3 is 0 Å². The summed E-state index contributed by atoms with van der Waals surface area (Å²) in [7, 11) is 0. The monoisotopic (exact) mass is 333 g/mol. The van der Waals surface area contributed by atoms with Crippen LogP contribution in [0.2, 0.25) is 5.02 Å². The van der Waals surface area contributed by atoms with E-state index in [1.165, 1.54) is 0 Å². The summed E-state index contributed by atoms with van der Waals surface area (Å²) >= 11 is 6.26. The van der Waals surface area contributed by atoms with E-state index in [1.54, 1.807) is 10.7 Å². The number of benzene rings is 1. The number of nitrogens with one attached hydrogen (secondary N) is 1. The molecule has 0 radical (unpaired) electrons. The fourth-order valence-electron chi connectivity index (χ4n) is 2.32. The van der Waals surface area contributed by atoms with E-state index in [0.717, 1.165) is 24.4 Å². The second kappa shape index (κ2) is 6.68. The van der Waals surface area contributed by atoms with Gasteiger partial charge in [0.1, 0.15) is 5.82 Å². The van der Waals surface area contributed by atoms with Gasteiger partial charge in [0.05, 0.1) is 10.7 Å². The standard InChI is InChI=1S/C16H20ClN5O/c1-10(18)8-9-19-16(23)14-20-15(11-6-7-11)22(21-14)13-5-3-2-4-12(13)17/h2-5,10-11H,6-9,18H2,1H3,(H,19,23). The van der Waals surface area contributed by atoms with Crippen molar-refractivity contribution in [3.8, 4) is 5.69 Å². The molecular weight excluding hydrogens is 314 g/mol. The van der Waals surface area contributed by atoms with Gasteiger partial charge in [0.2, 0.25) is 5.82 Å². The van der Waals surface area contributed by atoms with Crippen LogP contribution in [0.4, 0.5) is 0 Å². The summed E-state index contributed by atoms with van der Waals surface area (Å²) in [5.74, 6) is 1.05. The summed E-state index contributed by atoms with van der Waals surface area (Å²) in [5.41, 5.74) is 6.43. The average Bonchev–Trinajstić information content (AvgIpc) is 3.26. The molecule has 1 fully saturated rings. The van der Waals surface area contributed by atoms with Crippen LogP contribution in [0.25, 0.3) is 5.69 Å². The number of amides is 1. The molecule has 1 amide bonds. The number of hydrogen-bond donors (Lipinski definition) is 2. The van der Waals surface area contributed by atoms with Crippen molar-refractivity contribution in [2.24, 2.45) is 5.73 Å². The van der Waals surface area contributed by atoms with E-state index < -0.39 is 0 Å². The van der Waals surface area contributed by atoms with Crippen molar-refractivity contribution < 1.29 is 4.79 Å². The van der Waals surface area contributed by atoms with Crippen molar-refractivity contribution in [3.05, 3.63) is 40.9 Å². The first-order valence-corrected chi connectivity index (χ1v) is 8.19. The maximum absolute atomic E-state index is 12.2. The van der Waals surface area contributed by atoms with Crippen LogP contribution in [0.1, 0.15) is 48.5 Å². The number of nitrogens with zero attached hydrogens (tertiary/aromatic N) is 3. The summed E-state index contributed by atoms with van der Waals surface area (Å²) in [5, 5.41) is 7.77. The minimum atomic E-state index is -0.279. The van der Waals surface area contributed by atoms with E-state index in [0.29, 0.717) is 23.9 Å². The minimum absolute atomic E-state index is 0.0472. The molecule has 1 atom stereocenters. The highest BCUT2D eigenvalue weighted by Gasteiger charge is 2.31. The number of halogens is 1. The first-order valence-electron chi connectivity index (χ1n) is 7.82. The topological polar surface area (TPSA) is 85.8 Å². The molecule has 1 aromatic heterocycles. The highest BCUT2D eigenvalue weighted by atomic mass is 35.5. The Morgan fingerprint density at radius 1 is 1.48 bits per heavy atom. The zero-order valence-corrected chi connectivity index (χ0v) is 13.8. The normalized spacial score (nSPS) is 15.4. The number of aromatic nitrogens is 3. The Labute approximate surface area is 140 Å². The molecule has 1 saturated carbocycles. The number of hydrogen-bond acceptors (Lipinski definition) is 4. The smallest absolute Gasteiger partial charge is 0.290 e. The first kappa shape index (κ1) is 16.0. The first-order chi connectivity index (χ1) is 11.1. The molecule has 0 spiro atoms. The van der Waals surface area contributed by atoms with Crippen molar-refractivity contribution in [3.63, 3.8) is 0 Å². The molecular formula is C16H20ClN5O. The average molecular weight is 334 g/mol. The molecule has 3 rings (SSSR count). The summed E-state index contributed by atoms with van der Waals surface area (Å²) < 4.78 is 1.69. The second-order valence-corrected chi connectivity index (χ2v) is 6.36. The van der Waals surface area contributed by atoms with Crippen LogP contribution in [0.15, 0.2) is 24.3 Å². The maximum atomic E-state index is 12.2. The third-order valence-corrected chi connectivity index (χ3v) is 4.06. The summed E-state index contributed by atoms with van der Waals surface area (Å²) in [6.07, 6.45) is 2.84. The molecule has 2 aromatic rings. The highest BCUT2D eigenvalue weighted by Crippen LogP contribution is 2.40. The molecule has 0 saturated heterocycles. The molecule has 7 heteroatoms. The van der Waals surface area contributed by atoms with E-state index >= 15 is 0 Å². The van der Waals surface area contributed by atoms with E-state index in [9.17, 15) is 4.79 Å². The highest BCUT2D eigenvalue weighted by molar-refractivity contribution is 6.32. The Morgan fingerprint density at radius 3 is 2.87 bits per heavy atom. The Bertz CT molecular complexity index is 708. The Hall–Kier alpha value is -1.92. The zero-order chi connectivity index (χ0) is 16.4. The number of para-hydroxylation sites is 1. The van der Waals surface area contributed by atoms with Gasteiger partial charge in [-0.3, -0.25) is 4.79 Å². The van der Waals surface area contributed by atoms with Crippen LogP contribution in [-0.2, 0) is 0 Å². The van der Waals surface area contributed by atoms with Gasteiger partial charge in [-0.1, -0.05) is 23.7 Å². The molecule has 23 heavy (non-hydrogen) atoms. The largest absolute Gasteiger partial charge is 0.349 e. The second-order valence-electron chi connectivity index (χ2n) is 5.95. The molecule has 1 aromatic carbocycles. The summed E-state index contributed by atoms with van der Waals surface area (Å²) in [6, 6.07) is 7.48. The molecule has 1 aliphatic carbocycles. The van der Waals surface area contributed by atoms with E-state index in [4.69, 9.17) is 17.3 Å². The fourth-order valence-corrected chi connectivity index (χ4v) is 2.54. The van der Waals surface area contributed by atoms with Gasteiger partial charge in [-0.15, -0.1) is 5.10 Å². The van der Waals surface area contributed by atoms with Gasteiger partial charge in [-0.2, -0.15) is 0 Å². The van der Waals surface area contributed by atoms with Crippen molar-refractivity contribution in [1.29, 1.82) is 0 Å². The van der Waals surface area contributed by atoms with Crippen molar-refractivity contribution in [2.45, 2.75) is 38.1 Å². The lowest BCUT2D eigenvalue weighted by atomic mass is 10.2. The van der Waals surface area contributed by atoms with E-state index in [2.05, 4.69) is 15.4 Å². The molecule has 6 nitrogen and oxygen atoms in total. The summed E-state index contributed by atoms with van der Waals surface area (Å²) in [6.45, 7) is 2.41. The van der Waals surface area contributed by atoms with Crippen molar-refractivity contribution >= 4 is 17.5 Å². The Kier molecular flexibility index (Phi) is 4.63. The van der Waals surface area contributed by atoms with E-state index in [-0.39, 0.29) is 17.8 Å². The van der Waals surface area contributed by atoms with Gasteiger partial charge in [-0.05, 0) is 38.3 Å². The van der Waals surface area contributed by atoms with Gasteiger partial charge in [-0.25, -0.2) is 9.67 Å². The molecule has 122 valence electrons. The van der Waals surface area contributed by atoms with Crippen LogP contribution < -0.4 is 11.1 Å². The SMILES string of the molecule is CC(N)CCNC(=O)c1nc(C2CC2)n(-c2ccccc2Cl)n1. The molecule has 1 unspecified atom stereocenters. The van der Waals surface area contributed by atoms with Gasteiger partial charge < -0.3 is 11.1 Å². The zero-order valence-electron chi connectivity index (χ0n) is 13.0. The third kappa shape index (κ3) is 3.71. The van der Waals surface area contributed by atoms with Crippen LogP contribution in [0.3, 0.4) is 0 Å². The van der Waals surface area contributed by atoms with Crippen LogP contribution in [-0.4, -0.2) is 33.3 Å². The minimum Gasteiger partial charge on any atom is -0.349 e. The van der Waals surface area contributed by atoms with Gasteiger partial charge in [0.15, 0.2) is 0 Å². The van der Waals surface area contributed by atoms with E-state index in [1.807, 2.05) is 25.1 Å². The number of carbonyl (C=O) groups is 1. The molecule has 0 bridgehead atoms. The Morgan fingerprint density at radius 2 is 2.22 bits per heavy atom. The Balaban J connectivity index is 1.85. The lowest BCUT2D eigenvalue weighted by Crippen LogP contribution is -2.29. The lowest BCUT2D eigenvalue weighted by molar-refractivity contribution is 0.0942. The number of nitrogens with two attached hydrogens (primary N) is 1. The van der Waals surface area contributed by atoms with Crippen LogP contribution >= 0.6 is 11.6 Å². The summed E-state index contributed by atoms with van der Waals surface area (Å²) in [4.78, 5) is 16.7. The maximum Gasteiger partial charge on any atom is 0.290 e. The molecule has 3 N–H and O–H groups in total. The molecule has 0 aliphatic heterocycles.